The van der Waals surface area contributed by atoms with Crippen LogP contribution in [0, 0.1) is 30.0 Å². The summed E-state index contributed by atoms with van der Waals surface area (Å²) in [5, 5.41) is 16.9. The van der Waals surface area contributed by atoms with Gasteiger partial charge < -0.3 is 45.3 Å². The van der Waals surface area contributed by atoms with Crippen LogP contribution in [-0.4, -0.2) is 136 Å². The van der Waals surface area contributed by atoms with Crippen LogP contribution in [0.1, 0.15) is 69.1 Å². The van der Waals surface area contributed by atoms with Crippen molar-refractivity contribution in [2.24, 2.45) is 23.0 Å². The number of nitrogens with zero attached hydrogens (tertiary/aromatic N) is 6. The van der Waals surface area contributed by atoms with Crippen molar-refractivity contribution in [3.05, 3.63) is 161 Å². The zero-order chi connectivity index (χ0) is 67.6. The number of nitrogens with two attached hydrogens (primary N) is 1. The second-order valence-corrected chi connectivity index (χ2v) is 26.1. The Morgan fingerprint density at radius 2 is 1.55 bits per heavy atom. The highest BCUT2D eigenvalue weighted by Crippen LogP contribution is 2.48. The van der Waals surface area contributed by atoms with E-state index in [2.05, 4.69) is 25.5 Å². The van der Waals surface area contributed by atoms with E-state index in [-0.39, 0.29) is 62.7 Å². The number of hydrogen-bond acceptors (Lipinski definition) is 18. The van der Waals surface area contributed by atoms with Gasteiger partial charge in [-0.05, 0) is 116 Å². The lowest BCUT2D eigenvalue weighted by molar-refractivity contribution is -0.144. The maximum Gasteiger partial charge on any atom is 0.410 e. The van der Waals surface area contributed by atoms with E-state index in [4.69, 9.17) is 46.3 Å². The van der Waals surface area contributed by atoms with Crippen LogP contribution in [0.4, 0.5) is 14.9 Å². The third-order valence-corrected chi connectivity index (χ3v) is 19.3. The summed E-state index contributed by atoms with van der Waals surface area (Å²) < 4.78 is 73.4. The van der Waals surface area contributed by atoms with Crippen molar-refractivity contribution in [2.75, 3.05) is 51.8 Å². The summed E-state index contributed by atoms with van der Waals surface area (Å²) in [5.74, 6) is -2.58. The number of methoxy groups -OCH3 is 1. The molecule has 1 unspecified atom stereocenters. The number of amides is 3. The summed E-state index contributed by atoms with van der Waals surface area (Å²) in [6.45, 7) is 11.5. The molecule has 22 nitrogen and oxygen atoms in total. The standard InChI is InChI=1S/C68H73ClFN9O13S2/c1-8-68(6,61(80)59(71)39(2)3)66(84)75-41(5)63(81)77-47-22-19-44(55(35-47)94(86,87)88)36-92-67(85)79-29-27-78(28-30-79)31-32-90-54-24-23-49(40(4)58(54)69)56-57-51(73-38-74-64(57)93-60(56)42-17-20-46(70)21-18-42)34-45(65(82)83)33-43-13-9-11-15-52(43)91-37-48-25-26-72-62(76-48)50-14-10-12-16-53(50)89-7/h9-26,35,38-39,41,45,59H,8,27-34,36-37,71H2,1-7H3,(H,75,84)(H,77,81)(H,82,83)(H,86,87,88)/t41-,45-,59?,68-/m0/s1. The topological polar surface area (TPSA) is 305 Å². The number of thiophene rings is 1. The van der Waals surface area contributed by atoms with Crippen molar-refractivity contribution in [3.63, 3.8) is 0 Å². The molecule has 0 bridgehead atoms. The minimum atomic E-state index is -4.90. The van der Waals surface area contributed by atoms with Crippen molar-refractivity contribution in [3.8, 4) is 50.2 Å². The van der Waals surface area contributed by atoms with Crippen LogP contribution in [0.25, 0.3) is 43.2 Å². The van der Waals surface area contributed by atoms with Gasteiger partial charge in [-0.3, -0.25) is 28.6 Å². The summed E-state index contributed by atoms with van der Waals surface area (Å²) in [6, 6.07) is 27.7. The fourth-order valence-corrected chi connectivity index (χ4v) is 13.0. The van der Waals surface area contributed by atoms with Gasteiger partial charge in [0.2, 0.25) is 11.8 Å². The molecule has 5 aromatic carbocycles. The second-order valence-electron chi connectivity index (χ2n) is 23.3. The lowest BCUT2D eigenvalue weighted by atomic mass is 9.76. The number of Topliss-reactive ketones (excluding diaryl/α,β-unsaturated/α-hetero) is 1. The molecular weight excluding hydrogens is 1270 g/mol. The van der Waals surface area contributed by atoms with Crippen molar-refractivity contribution in [1.82, 2.24) is 35.1 Å². The van der Waals surface area contributed by atoms with Gasteiger partial charge in [-0.2, -0.15) is 8.42 Å². The van der Waals surface area contributed by atoms with E-state index in [9.17, 15) is 46.4 Å². The molecular formula is C68H73ClFN9O13S2. The number of ketones is 1. The second kappa shape index (κ2) is 30.4. The first-order valence-corrected chi connectivity index (χ1v) is 33.0. The number of hydrogen-bond donors (Lipinski definition) is 5. The first-order chi connectivity index (χ1) is 44.9. The van der Waals surface area contributed by atoms with Gasteiger partial charge in [-0.15, -0.1) is 11.3 Å². The Labute approximate surface area is 552 Å². The minimum Gasteiger partial charge on any atom is -0.496 e. The average molecular weight is 1340 g/mol. The van der Waals surface area contributed by atoms with Crippen LogP contribution in [0.3, 0.4) is 0 Å². The van der Waals surface area contributed by atoms with Gasteiger partial charge in [-0.1, -0.05) is 87.0 Å². The Balaban J connectivity index is 0.828. The molecule has 6 N–H and O–H groups in total. The fraction of sp³-hybridized carbons (Fsp3) is 0.338. The Kier molecular flexibility index (Phi) is 22.4. The molecule has 3 aromatic heterocycles. The molecule has 494 valence electrons. The number of aromatic nitrogens is 4. The van der Waals surface area contributed by atoms with Crippen molar-refractivity contribution in [2.45, 2.75) is 91.0 Å². The van der Waals surface area contributed by atoms with Gasteiger partial charge in [0.05, 0.1) is 41.0 Å². The highest BCUT2D eigenvalue weighted by molar-refractivity contribution is 7.85. The number of aliphatic carboxylic acids is 1. The van der Waals surface area contributed by atoms with E-state index in [0.717, 1.165) is 16.5 Å². The normalized spacial score (nSPS) is 14.4. The number of carbonyl (C=O) groups is 5. The molecule has 1 saturated heterocycles. The van der Waals surface area contributed by atoms with Crippen LogP contribution >= 0.6 is 22.9 Å². The third kappa shape index (κ3) is 16.1. The molecule has 0 saturated carbocycles. The van der Waals surface area contributed by atoms with Crippen LogP contribution in [0.15, 0.2) is 127 Å². The Morgan fingerprint density at radius 1 is 0.840 bits per heavy atom. The predicted octanol–water partition coefficient (Wildman–Crippen LogP) is 10.6. The minimum absolute atomic E-state index is 0.0103. The lowest BCUT2D eigenvalue weighted by Gasteiger charge is -2.34. The predicted molar refractivity (Wildman–Crippen MR) is 354 cm³/mol. The van der Waals surface area contributed by atoms with E-state index in [1.165, 1.54) is 60.7 Å². The largest absolute Gasteiger partial charge is 0.496 e. The van der Waals surface area contributed by atoms with E-state index >= 15 is 0 Å². The molecule has 3 amide bonds. The van der Waals surface area contributed by atoms with E-state index in [0.29, 0.717) is 97.2 Å². The molecule has 94 heavy (non-hydrogen) atoms. The summed E-state index contributed by atoms with van der Waals surface area (Å²) in [7, 11) is -3.32. The van der Waals surface area contributed by atoms with E-state index in [1.54, 1.807) is 64.4 Å². The van der Waals surface area contributed by atoms with Crippen LogP contribution < -0.4 is 30.6 Å². The number of ether oxygens (including phenoxy) is 4. The summed E-state index contributed by atoms with van der Waals surface area (Å²) in [4.78, 5) is 89.1. The fourth-order valence-electron chi connectivity index (χ4n) is 10.8. The monoisotopic (exact) mass is 1340 g/mol. The van der Waals surface area contributed by atoms with Gasteiger partial charge >= 0.3 is 12.1 Å². The number of rotatable bonds is 27. The van der Waals surface area contributed by atoms with Gasteiger partial charge in [0.15, 0.2) is 11.6 Å². The molecule has 9 rings (SSSR count). The SMILES string of the molecule is CC[C@](C)(C(=O)N[C@@H](C)C(=O)Nc1ccc(COC(=O)N2CCN(CCOc3ccc(-c4c(-c5ccc(F)cc5)sc5ncnc(C[C@H](Cc6ccccc6OCc6ccnc(-c7ccccc7OC)n6)C(=O)O)c45)c(C)c3Cl)CC2)c(S(=O)(=O)O)c1)C(=O)C(N)C(C)C. The van der Waals surface area contributed by atoms with Gasteiger partial charge in [0, 0.05) is 72.4 Å². The van der Waals surface area contributed by atoms with Crippen molar-refractivity contribution in [1.29, 1.82) is 0 Å². The number of carboxylic acid groups (broad SMARTS) is 1. The van der Waals surface area contributed by atoms with E-state index in [1.807, 2.05) is 55.5 Å². The Bertz CT molecular complexity index is 4230. The van der Waals surface area contributed by atoms with Crippen LogP contribution in [-0.2, 0) is 60.1 Å². The molecule has 4 heterocycles. The molecule has 0 radical (unpaired) electrons. The zero-order valence-electron chi connectivity index (χ0n) is 52.9. The molecule has 4 atom stereocenters. The highest BCUT2D eigenvalue weighted by Gasteiger charge is 2.43. The molecule has 1 fully saturated rings. The molecule has 0 aliphatic carbocycles. The van der Waals surface area contributed by atoms with Crippen molar-refractivity contribution >= 4 is 78.6 Å². The van der Waals surface area contributed by atoms with Crippen LogP contribution in [0.2, 0.25) is 5.02 Å². The average Bonchev–Trinajstić information content (AvgIpc) is 1.57. The first kappa shape index (κ1) is 69.4. The molecule has 1 aliphatic heterocycles. The number of benzene rings is 5. The number of carboxylic acids is 1. The van der Waals surface area contributed by atoms with Gasteiger partial charge in [0.1, 0.15) is 70.4 Å². The maximum absolute atomic E-state index is 14.5. The van der Waals surface area contributed by atoms with Gasteiger partial charge in [-0.25, -0.2) is 29.1 Å². The zero-order valence-corrected chi connectivity index (χ0v) is 55.2. The third-order valence-electron chi connectivity index (χ3n) is 16.7. The lowest BCUT2D eigenvalue weighted by Crippen LogP contribution is -2.55. The Morgan fingerprint density at radius 3 is 2.24 bits per heavy atom. The number of halogens is 2. The molecule has 0 spiro atoms. The first-order valence-electron chi connectivity index (χ1n) is 30.4. The van der Waals surface area contributed by atoms with Crippen molar-refractivity contribution < 1.29 is 65.4 Å². The quantitative estimate of drug-likeness (QED) is 0.0236. The van der Waals surface area contributed by atoms with Gasteiger partial charge in [0.25, 0.3) is 10.1 Å². The summed E-state index contributed by atoms with van der Waals surface area (Å²) in [6.07, 6.45) is 2.57. The van der Waals surface area contributed by atoms with Crippen LogP contribution in [0.5, 0.6) is 17.2 Å². The maximum atomic E-state index is 14.5. The number of fused-ring (bicyclic) bond motifs is 1. The van der Waals surface area contributed by atoms with E-state index < -0.39 is 80.5 Å². The number of para-hydroxylation sites is 2. The smallest absolute Gasteiger partial charge is 0.410 e. The molecule has 1 aliphatic rings. The number of nitrogens with one attached hydrogen (secondary N) is 2. The Hall–Kier alpha value is -8.98. The molecule has 8 aromatic rings. The highest BCUT2D eigenvalue weighted by atomic mass is 35.5. The number of piperazine rings is 1. The number of carbonyl (C=O) groups excluding carboxylic acids is 4. The summed E-state index contributed by atoms with van der Waals surface area (Å²) in [5.41, 5.74) is 9.69. The summed E-state index contributed by atoms with van der Waals surface area (Å²) >= 11 is 8.55. The molecule has 26 heteroatoms. The number of anilines is 1.